The average molecular weight is 254 g/mol. The van der Waals surface area contributed by atoms with Crippen LogP contribution in [0.1, 0.15) is 19.8 Å². The summed E-state index contributed by atoms with van der Waals surface area (Å²) in [6, 6.07) is 0. The van der Waals surface area contributed by atoms with E-state index in [0.717, 1.165) is 32.2 Å². The van der Waals surface area contributed by atoms with Crippen LogP contribution in [0.5, 0.6) is 0 Å². The second-order valence-electron chi connectivity index (χ2n) is 5.27. The smallest absolute Gasteiger partial charge is 0.236 e. The Morgan fingerprint density at radius 1 is 1.33 bits per heavy atom. The van der Waals surface area contributed by atoms with Gasteiger partial charge in [0.25, 0.3) is 0 Å². The maximum Gasteiger partial charge on any atom is 0.236 e. The van der Waals surface area contributed by atoms with Crippen molar-refractivity contribution in [1.82, 2.24) is 9.80 Å². The van der Waals surface area contributed by atoms with E-state index in [0.29, 0.717) is 26.2 Å². The normalized spacial score (nSPS) is 27.2. The second kappa shape index (κ2) is 6.29. The lowest BCUT2D eigenvalue weighted by Gasteiger charge is -2.34. The average Bonchev–Trinajstić information content (AvgIpc) is 2.39. The molecule has 1 unspecified atom stereocenters. The summed E-state index contributed by atoms with van der Waals surface area (Å²) in [5.74, 6) is 0.384. The molecule has 0 spiro atoms. The van der Waals surface area contributed by atoms with Crippen molar-refractivity contribution in [3.8, 4) is 0 Å². The van der Waals surface area contributed by atoms with Crippen LogP contribution in [0.3, 0.4) is 0 Å². The van der Waals surface area contributed by atoms with Gasteiger partial charge in [0.15, 0.2) is 0 Å². The third kappa shape index (κ3) is 3.53. The molecular formula is C13H22N2O3. The number of amides is 1. The maximum absolute atomic E-state index is 12.1. The molecule has 2 fully saturated rings. The third-order valence-corrected chi connectivity index (χ3v) is 3.78. The van der Waals surface area contributed by atoms with Gasteiger partial charge in [0.2, 0.25) is 5.91 Å². The van der Waals surface area contributed by atoms with Gasteiger partial charge in [-0.15, -0.1) is 0 Å². The fraction of sp³-hybridized carbons (Fsp3) is 0.846. The minimum Gasteiger partial charge on any atom is -0.375 e. The fourth-order valence-electron chi connectivity index (χ4n) is 2.58. The minimum atomic E-state index is 0.142. The van der Waals surface area contributed by atoms with Crippen molar-refractivity contribution in [2.45, 2.75) is 25.9 Å². The van der Waals surface area contributed by atoms with Crippen molar-refractivity contribution in [3.63, 3.8) is 0 Å². The van der Waals surface area contributed by atoms with Crippen molar-refractivity contribution < 1.29 is 14.3 Å². The number of aldehydes is 1. The van der Waals surface area contributed by atoms with Crippen molar-refractivity contribution in [3.05, 3.63) is 0 Å². The van der Waals surface area contributed by atoms with E-state index in [1.807, 2.05) is 11.8 Å². The number of rotatable bonds is 3. The van der Waals surface area contributed by atoms with Crippen LogP contribution in [0.25, 0.3) is 0 Å². The van der Waals surface area contributed by atoms with Crippen LogP contribution in [-0.4, -0.2) is 67.4 Å². The number of hydrogen-bond acceptors (Lipinski definition) is 4. The minimum absolute atomic E-state index is 0.142. The van der Waals surface area contributed by atoms with Gasteiger partial charge in [-0.3, -0.25) is 9.69 Å². The highest BCUT2D eigenvalue weighted by atomic mass is 16.5. The molecule has 102 valence electrons. The van der Waals surface area contributed by atoms with Gasteiger partial charge in [-0.1, -0.05) is 0 Å². The van der Waals surface area contributed by atoms with Gasteiger partial charge in [0.1, 0.15) is 6.29 Å². The van der Waals surface area contributed by atoms with Gasteiger partial charge in [-0.05, 0) is 32.9 Å². The first-order valence-electron chi connectivity index (χ1n) is 6.76. The summed E-state index contributed by atoms with van der Waals surface area (Å²) in [5.41, 5.74) is 0. The largest absolute Gasteiger partial charge is 0.375 e. The molecule has 5 heteroatoms. The molecule has 5 nitrogen and oxygen atoms in total. The zero-order chi connectivity index (χ0) is 13.0. The van der Waals surface area contributed by atoms with Crippen LogP contribution in [0.2, 0.25) is 0 Å². The van der Waals surface area contributed by atoms with Crippen LogP contribution < -0.4 is 0 Å². The fourth-order valence-corrected chi connectivity index (χ4v) is 2.58. The number of morpholine rings is 1. The van der Waals surface area contributed by atoms with Crippen molar-refractivity contribution in [2.24, 2.45) is 5.92 Å². The summed E-state index contributed by atoms with van der Waals surface area (Å²) in [4.78, 5) is 26.8. The first-order valence-corrected chi connectivity index (χ1v) is 6.76. The van der Waals surface area contributed by atoms with Crippen LogP contribution >= 0.6 is 0 Å². The predicted molar refractivity (Wildman–Crippen MR) is 67.2 cm³/mol. The Balaban J connectivity index is 1.75. The topological polar surface area (TPSA) is 49.9 Å². The Morgan fingerprint density at radius 2 is 2.06 bits per heavy atom. The molecule has 2 saturated heterocycles. The maximum atomic E-state index is 12.1. The van der Waals surface area contributed by atoms with Gasteiger partial charge in [-0.2, -0.15) is 0 Å². The van der Waals surface area contributed by atoms with Gasteiger partial charge in [-0.25, -0.2) is 0 Å². The molecule has 0 aliphatic carbocycles. The summed E-state index contributed by atoms with van der Waals surface area (Å²) in [6.07, 6.45) is 2.96. The van der Waals surface area contributed by atoms with E-state index in [9.17, 15) is 9.59 Å². The van der Waals surface area contributed by atoms with Crippen LogP contribution in [0, 0.1) is 5.92 Å². The van der Waals surface area contributed by atoms with Gasteiger partial charge in [0, 0.05) is 19.0 Å². The lowest BCUT2D eigenvalue weighted by molar-refractivity contribution is -0.139. The molecule has 0 N–H and O–H groups in total. The summed E-state index contributed by atoms with van der Waals surface area (Å²) in [7, 11) is 0. The lowest BCUT2D eigenvalue weighted by atomic mass is 9.99. The highest BCUT2D eigenvalue weighted by Crippen LogP contribution is 2.15. The number of carbonyl (C=O) groups excluding carboxylic acids is 2. The van der Waals surface area contributed by atoms with E-state index in [4.69, 9.17) is 4.74 Å². The Labute approximate surface area is 108 Å². The molecule has 0 radical (unpaired) electrons. The molecule has 1 amide bonds. The number of piperidine rings is 1. The highest BCUT2D eigenvalue weighted by Gasteiger charge is 2.25. The number of carbonyl (C=O) groups is 2. The van der Waals surface area contributed by atoms with Gasteiger partial charge < -0.3 is 14.4 Å². The molecule has 0 aromatic carbocycles. The molecule has 18 heavy (non-hydrogen) atoms. The Hall–Kier alpha value is -0.940. The molecule has 0 aromatic heterocycles. The van der Waals surface area contributed by atoms with E-state index in [1.165, 1.54) is 0 Å². The summed E-state index contributed by atoms with van der Waals surface area (Å²) >= 11 is 0. The monoisotopic (exact) mass is 254 g/mol. The molecule has 0 saturated carbocycles. The first-order chi connectivity index (χ1) is 8.69. The van der Waals surface area contributed by atoms with Crippen LogP contribution in [-0.2, 0) is 14.3 Å². The van der Waals surface area contributed by atoms with E-state index >= 15 is 0 Å². The molecular weight excluding hydrogens is 232 g/mol. The second-order valence-corrected chi connectivity index (χ2v) is 5.27. The number of nitrogens with zero attached hydrogens (tertiary/aromatic N) is 2. The van der Waals surface area contributed by atoms with Crippen LogP contribution in [0.4, 0.5) is 0 Å². The van der Waals surface area contributed by atoms with E-state index in [-0.39, 0.29) is 17.9 Å². The Bertz CT molecular complexity index is 301. The summed E-state index contributed by atoms with van der Waals surface area (Å²) < 4.78 is 5.43. The Kier molecular flexibility index (Phi) is 4.72. The highest BCUT2D eigenvalue weighted by molar-refractivity contribution is 5.78. The summed E-state index contributed by atoms with van der Waals surface area (Å²) in [6.45, 7) is 6.23. The number of likely N-dealkylation sites (tertiary alicyclic amines) is 1. The van der Waals surface area contributed by atoms with E-state index < -0.39 is 0 Å². The zero-order valence-corrected chi connectivity index (χ0v) is 11.0. The zero-order valence-electron chi connectivity index (χ0n) is 11.0. The van der Waals surface area contributed by atoms with Crippen molar-refractivity contribution in [1.29, 1.82) is 0 Å². The number of hydrogen-bond donors (Lipinski definition) is 0. The standard InChI is InChI=1S/C13H22N2O3/c1-11-8-15(6-7-18-11)13(17)9-14-4-2-12(10-16)3-5-14/h10-12H,2-9H2,1H3. The Morgan fingerprint density at radius 3 is 2.67 bits per heavy atom. The van der Waals surface area contributed by atoms with Crippen LogP contribution in [0.15, 0.2) is 0 Å². The molecule has 1 atom stereocenters. The molecule has 2 aliphatic rings. The SMILES string of the molecule is CC1CN(C(=O)CN2CCC(C=O)CC2)CCO1. The van der Waals surface area contributed by atoms with Gasteiger partial charge in [0.05, 0.1) is 19.3 Å². The number of ether oxygens (including phenoxy) is 1. The van der Waals surface area contributed by atoms with Crippen molar-refractivity contribution in [2.75, 3.05) is 39.3 Å². The quantitative estimate of drug-likeness (QED) is 0.673. The van der Waals surface area contributed by atoms with E-state index in [1.54, 1.807) is 0 Å². The molecule has 2 rings (SSSR count). The summed E-state index contributed by atoms with van der Waals surface area (Å²) in [5, 5.41) is 0. The molecule has 0 aromatic rings. The van der Waals surface area contributed by atoms with Gasteiger partial charge >= 0.3 is 0 Å². The molecule has 2 aliphatic heterocycles. The lowest BCUT2D eigenvalue weighted by Crippen LogP contribution is -2.49. The van der Waals surface area contributed by atoms with E-state index in [2.05, 4.69) is 4.90 Å². The predicted octanol–water partition coefficient (Wildman–Crippen LogP) is 0.145. The first kappa shape index (κ1) is 13.5. The third-order valence-electron chi connectivity index (χ3n) is 3.78. The van der Waals surface area contributed by atoms with Crippen molar-refractivity contribution >= 4 is 12.2 Å². The molecule has 2 heterocycles. The molecule has 0 bridgehead atoms.